The number of halogens is 2. The first-order valence-corrected chi connectivity index (χ1v) is 8.18. The van der Waals surface area contributed by atoms with E-state index in [4.69, 9.17) is 23.2 Å². The van der Waals surface area contributed by atoms with Crippen LogP contribution >= 0.6 is 35.0 Å². The summed E-state index contributed by atoms with van der Waals surface area (Å²) in [5, 5.41) is 15.7. The van der Waals surface area contributed by atoms with E-state index in [0.717, 1.165) is 0 Å². The Morgan fingerprint density at radius 1 is 1.32 bits per heavy atom. The second-order valence-electron chi connectivity index (χ2n) is 5.51. The monoisotopic (exact) mass is 359 g/mol. The van der Waals surface area contributed by atoms with E-state index >= 15 is 0 Å². The number of hydrogen-bond donors (Lipinski definition) is 1. The molecule has 0 fully saturated rings. The van der Waals surface area contributed by atoms with Gasteiger partial charge in [0.25, 0.3) is 0 Å². The minimum Gasteiger partial charge on any atom is -0.325 e. The van der Waals surface area contributed by atoms with Crippen LogP contribution in [0.1, 0.15) is 20.8 Å². The first-order valence-electron chi connectivity index (χ1n) is 6.44. The predicted octanol–water partition coefficient (Wildman–Crippen LogP) is 3.47. The lowest BCUT2D eigenvalue weighted by molar-refractivity contribution is -0.113. The Hall–Kier alpha value is -1.31. The molecule has 0 aliphatic heterocycles. The van der Waals surface area contributed by atoms with E-state index in [2.05, 4.69) is 20.8 Å². The van der Waals surface area contributed by atoms with Crippen molar-refractivity contribution in [2.24, 2.45) is 0 Å². The zero-order valence-electron chi connectivity index (χ0n) is 12.3. The van der Waals surface area contributed by atoms with Crippen molar-refractivity contribution in [2.75, 3.05) is 11.1 Å². The molecule has 1 N–H and O–H groups in total. The van der Waals surface area contributed by atoms with Gasteiger partial charge < -0.3 is 5.32 Å². The highest BCUT2D eigenvalue weighted by Crippen LogP contribution is 2.25. The van der Waals surface area contributed by atoms with Crippen LogP contribution in [0.15, 0.2) is 23.4 Å². The van der Waals surface area contributed by atoms with Gasteiger partial charge in [-0.05, 0) is 49.4 Å². The summed E-state index contributed by atoms with van der Waals surface area (Å²) in [7, 11) is 0. The SMILES string of the molecule is CC(C)(C)n1nnnc1SCC(=O)Nc1ccc(Cl)c(Cl)c1. The molecule has 0 bridgehead atoms. The molecule has 0 aliphatic carbocycles. The van der Waals surface area contributed by atoms with Crippen LogP contribution in [0.5, 0.6) is 0 Å². The van der Waals surface area contributed by atoms with E-state index in [0.29, 0.717) is 20.9 Å². The standard InChI is InChI=1S/C13H15Cl2N5OS/c1-13(2,3)20-12(17-18-19-20)22-7-11(21)16-8-4-5-9(14)10(15)6-8/h4-6H,7H2,1-3H3,(H,16,21). The van der Waals surface area contributed by atoms with Crippen LogP contribution in [-0.2, 0) is 10.3 Å². The molecule has 1 amide bonds. The maximum atomic E-state index is 12.0. The summed E-state index contributed by atoms with van der Waals surface area (Å²) in [6.45, 7) is 5.97. The van der Waals surface area contributed by atoms with Crippen LogP contribution in [0.4, 0.5) is 5.69 Å². The average molecular weight is 360 g/mol. The molecule has 2 rings (SSSR count). The van der Waals surface area contributed by atoms with E-state index in [1.165, 1.54) is 11.8 Å². The van der Waals surface area contributed by atoms with Crippen molar-refractivity contribution in [3.63, 3.8) is 0 Å². The lowest BCUT2D eigenvalue weighted by Gasteiger charge is -2.19. The Morgan fingerprint density at radius 3 is 2.68 bits per heavy atom. The van der Waals surface area contributed by atoms with Gasteiger partial charge in [-0.3, -0.25) is 4.79 Å². The fourth-order valence-corrected chi connectivity index (χ4v) is 2.75. The molecule has 6 nitrogen and oxygen atoms in total. The zero-order valence-corrected chi connectivity index (χ0v) is 14.6. The summed E-state index contributed by atoms with van der Waals surface area (Å²) >= 11 is 13.0. The van der Waals surface area contributed by atoms with Gasteiger partial charge in [-0.25, -0.2) is 4.68 Å². The molecule has 9 heteroatoms. The van der Waals surface area contributed by atoms with Gasteiger partial charge in [0.15, 0.2) is 0 Å². The smallest absolute Gasteiger partial charge is 0.234 e. The largest absolute Gasteiger partial charge is 0.325 e. The number of anilines is 1. The Bertz CT molecular complexity index is 683. The van der Waals surface area contributed by atoms with E-state index in [1.54, 1.807) is 22.9 Å². The quantitative estimate of drug-likeness (QED) is 0.846. The molecule has 22 heavy (non-hydrogen) atoms. The number of nitrogens with zero attached hydrogens (tertiary/aromatic N) is 4. The van der Waals surface area contributed by atoms with Crippen molar-refractivity contribution in [1.82, 2.24) is 20.2 Å². The van der Waals surface area contributed by atoms with E-state index in [-0.39, 0.29) is 17.2 Å². The van der Waals surface area contributed by atoms with Crippen LogP contribution in [0.3, 0.4) is 0 Å². The van der Waals surface area contributed by atoms with E-state index in [9.17, 15) is 4.79 Å². The summed E-state index contributed by atoms with van der Waals surface area (Å²) < 4.78 is 1.68. The van der Waals surface area contributed by atoms with Gasteiger partial charge in [-0.2, -0.15) is 0 Å². The second-order valence-corrected chi connectivity index (χ2v) is 7.27. The molecule has 0 unspecified atom stereocenters. The first-order chi connectivity index (χ1) is 10.3. The Balaban J connectivity index is 1.96. The molecule has 2 aromatic rings. The summed E-state index contributed by atoms with van der Waals surface area (Å²) in [5.74, 6) is 0.0170. The van der Waals surface area contributed by atoms with Crippen LogP contribution in [0, 0.1) is 0 Å². The second kappa shape index (κ2) is 6.85. The van der Waals surface area contributed by atoms with Crippen molar-refractivity contribution in [1.29, 1.82) is 0 Å². The van der Waals surface area contributed by atoms with Gasteiger partial charge in [0.2, 0.25) is 11.1 Å². The summed E-state index contributed by atoms with van der Waals surface area (Å²) in [6.07, 6.45) is 0. The van der Waals surface area contributed by atoms with Gasteiger partial charge in [-0.1, -0.05) is 35.0 Å². The molecule has 1 aromatic carbocycles. The maximum Gasteiger partial charge on any atom is 0.234 e. The number of nitrogens with one attached hydrogen (secondary N) is 1. The molecule has 0 saturated heterocycles. The van der Waals surface area contributed by atoms with E-state index in [1.807, 2.05) is 20.8 Å². The average Bonchev–Trinajstić information content (AvgIpc) is 2.89. The lowest BCUT2D eigenvalue weighted by atomic mass is 10.1. The van der Waals surface area contributed by atoms with Crippen molar-refractivity contribution >= 4 is 46.6 Å². The van der Waals surface area contributed by atoms with Gasteiger partial charge in [-0.15, -0.1) is 5.10 Å². The summed E-state index contributed by atoms with van der Waals surface area (Å²) in [5.41, 5.74) is 0.349. The van der Waals surface area contributed by atoms with Gasteiger partial charge in [0.1, 0.15) is 0 Å². The van der Waals surface area contributed by atoms with Crippen molar-refractivity contribution in [3.05, 3.63) is 28.2 Å². The third kappa shape index (κ3) is 4.34. The molecule has 0 aliphatic rings. The van der Waals surface area contributed by atoms with Crippen LogP contribution < -0.4 is 5.32 Å². The Labute approximate surface area is 142 Å². The minimum absolute atomic E-state index is 0.174. The number of aromatic nitrogens is 4. The minimum atomic E-state index is -0.244. The number of carbonyl (C=O) groups is 1. The highest BCUT2D eigenvalue weighted by Gasteiger charge is 2.20. The highest BCUT2D eigenvalue weighted by atomic mass is 35.5. The Morgan fingerprint density at radius 2 is 2.05 bits per heavy atom. The Kier molecular flexibility index (Phi) is 5.31. The molecule has 0 atom stereocenters. The number of carbonyl (C=O) groups excluding carboxylic acids is 1. The van der Waals surface area contributed by atoms with Crippen LogP contribution in [0.2, 0.25) is 10.0 Å². The van der Waals surface area contributed by atoms with Crippen LogP contribution in [0.25, 0.3) is 0 Å². The fourth-order valence-electron chi connectivity index (χ4n) is 1.59. The third-order valence-corrected chi connectivity index (χ3v) is 4.27. The van der Waals surface area contributed by atoms with Crippen molar-refractivity contribution < 1.29 is 4.79 Å². The predicted molar refractivity (Wildman–Crippen MR) is 88.6 cm³/mol. The van der Waals surface area contributed by atoms with Gasteiger partial charge in [0, 0.05) is 5.69 Å². The normalized spacial score (nSPS) is 11.5. The van der Waals surface area contributed by atoms with Crippen molar-refractivity contribution in [3.8, 4) is 0 Å². The number of rotatable bonds is 4. The first kappa shape index (κ1) is 17.1. The molecular formula is C13H15Cl2N5OS. The maximum absolute atomic E-state index is 12.0. The molecule has 1 heterocycles. The number of amides is 1. The molecule has 1 aromatic heterocycles. The molecule has 0 radical (unpaired) electrons. The van der Waals surface area contributed by atoms with Gasteiger partial charge >= 0.3 is 0 Å². The molecule has 0 saturated carbocycles. The highest BCUT2D eigenvalue weighted by molar-refractivity contribution is 7.99. The number of benzene rings is 1. The summed E-state index contributed by atoms with van der Waals surface area (Å²) in [4.78, 5) is 12.0. The lowest BCUT2D eigenvalue weighted by Crippen LogP contribution is -2.24. The summed E-state index contributed by atoms with van der Waals surface area (Å²) in [6, 6.07) is 4.93. The zero-order chi connectivity index (χ0) is 16.3. The number of hydrogen-bond acceptors (Lipinski definition) is 5. The molecule has 0 spiro atoms. The fraction of sp³-hybridized carbons (Fsp3) is 0.385. The number of tetrazole rings is 1. The van der Waals surface area contributed by atoms with E-state index < -0.39 is 0 Å². The van der Waals surface area contributed by atoms with Crippen LogP contribution in [-0.4, -0.2) is 31.9 Å². The molecular weight excluding hydrogens is 345 g/mol. The molecule has 118 valence electrons. The van der Waals surface area contributed by atoms with Gasteiger partial charge in [0.05, 0.1) is 21.3 Å². The van der Waals surface area contributed by atoms with Crippen molar-refractivity contribution in [2.45, 2.75) is 31.5 Å². The third-order valence-electron chi connectivity index (χ3n) is 2.61. The topological polar surface area (TPSA) is 72.7 Å². The number of thioether (sulfide) groups is 1.